The molecule has 14 heteroatoms. The number of benzene rings is 2. The minimum absolute atomic E-state index is 0.0488. The monoisotopic (exact) mass is 644 g/mol. The Hall–Kier alpha value is -3.47. The van der Waals surface area contributed by atoms with Gasteiger partial charge in [-0.1, -0.05) is 12.1 Å². The molecule has 4 aliphatic rings. The van der Waals surface area contributed by atoms with Crippen LogP contribution >= 0.6 is 0 Å². The first kappa shape index (κ1) is 32.5. The molecule has 46 heavy (non-hydrogen) atoms. The number of phenolic OH excluding ortho intramolecular Hbond substituents is 2. The maximum atomic E-state index is 13.9. The standard InChI is InChI=1S/C32H37NO13/c1-14-27(36)17(33-7-8-44-22(12-33)43-3)9-21(45-14)46-19-11-32(41,20(35)13-34)10-16-24(19)31(40)26-25(29(16)38)28(37)15-5-4-6-18(42-2)23(15)30(26)39/h4-6,14,17,19,21-22,27,34,36,38,40-41H,7-13H2,1-3H3/p+1/t14-,17?,19-,21-,22-,27+,32-/m0/s1. The number of nitrogens with one attached hydrogen (secondary N) is 1. The highest BCUT2D eigenvalue weighted by molar-refractivity contribution is 6.31. The summed E-state index contributed by atoms with van der Waals surface area (Å²) in [6, 6.07) is 4.01. The summed E-state index contributed by atoms with van der Waals surface area (Å²) < 4.78 is 28.6. The van der Waals surface area contributed by atoms with Gasteiger partial charge in [-0.2, -0.15) is 0 Å². The number of fused-ring (bicyclic) bond motifs is 3. The fourth-order valence-corrected chi connectivity index (χ4v) is 7.31. The van der Waals surface area contributed by atoms with Crippen LogP contribution in [0.3, 0.4) is 0 Å². The summed E-state index contributed by atoms with van der Waals surface area (Å²) in [6.07, 6.45) is -5.29. The second-order valence-corrected chi connectivity index (χ2v) is 12.3. The number of hydrogen-bond acceptors (Lipinski definition) is 13. The maximum Gasteiger partial charge on any atom is 0.207 e. The highest BCUT2D eigenvalue weighted by Gasteiger charge is 2.51. The Kier molecular flexibility index (Phi) is 8.67. The third-order valence-corrected chi connectivity index (χ3v) is 9.70. The van der Waals surface area contributed by atoms with Crippen molar-refractivity contribution in [1.82, 2.24) is 0 Å². The third kappa shape index (κ3) is 5.18. The van der Waals surface area contributed by atoms with E-state index in [2.05, 4.69) is 0 Å². The zero-order valence-corrected chi connectivity index (χ0v) is 25.6. The number of hydrogen-bond donors (Lipinski definition) is 6. The highest BCUT2D eigenvalue weighted by atomic mass is 16.7. The predicted octanol–water partition coefficient (Wildman–Crippen LogP) is -1.07. The minimum atomic E-state index is -2.26. The van der Waals surface area contributed by atoms with E-state index in [1.807, 2.05) is 0 Å². The molecule has 248 valence electrons. The lowest BCUT2D eigenvalue weighted by atomic mass is 9.72. The number of aromatic hydroxyl groups is 2. The number of rotatable bonds is 7. The number of aliphatic hydroxyl groups excluding tert-OH is 2. The number of carbonyl (C=O) groups is 3. The predicted molar refractivity (Wildman–Crippen MR) is 155 cm³/mol. The Morgan fingerprint density at radius 3 is 2.52 bits per heavy atom. The van der Waals surface area contributed by atoms with E-state index in [9.17, 15) is 39.9 Å². The number of ether oxygens (including phenoxy) is 5. The first-order chi connectivity index (χ1) is 21.9. The van der Waals surface area contributed by atoms with Crippen molar-refractivity contribution in [1.29, 1.82) is 0 Å². The quantitative estimate of drug-likeness (QED) is 0.170. The van der Waals surface area contributed by atoms with Gasteiger partial charge in [0.05, 0.1) is 49.0 Å². The van der Waals surface area contributed by atoms with E-state index in [1.165, 1.54) is 32.4 Å². The number of carbonyl (C=O) groups excluding carboxylic acids is 3. The Morgan fingerprint density at radius 2 is 1.83 bits per heavy atom. The molecule has 0 saturated carbocycles. The van der Waals surface area contributed by atoms with Gasteiger partial charge in [0.25, 0.3) is 0 Å². The Balaban J connectivity index is 1.43. The average Bonchev–Trinajstić information content (AvgIpc) is 3.05. The molecule has 0 spiro atoms. The number of methoxy groups -OCH3 is 2. The Morgan fingerprint density at radius 1 is 1.09 bits per heavy atom. The van der Waals surface area contributed by atoms with Crippen molar-refractivity contribution < 1.29 is 68.5 Å². The van der Waals surface area contributed by atoms with Crippen molar-refractivity contribution in [2.45, 2.75) is 68.7 Å². The van der Waals surface area contributed by atoms with Crippen LogP contribution in [0.1, 0.15) is 68.8 Å². The molecule has 2 saturated heterocycles. The summed E-state index contributed by atoms with van der Waals surface area (Å²) >= 11 is 0. The molecule has 0 amide bonds. The molecule has 0 aromatic heterocycles. The van der Waals surface area contributed by atoms with Crippen LogP contribution in [0.25, 0.3) is 0 Å². The number of quaternary nitrogens is 1. The van der Waals surface area contributed by atoms with E-state index in [-0.39, 0.29) is 40.5 Å². The van der Waals surface area contributed by atoms with E-state index in [1.54, 1.807) is 6.92 Å². The van der Waals surface area contributed by atoms with Crippen LogP contribution in [0.5, 0.6) is 17.2 Å². The zero-order chi connectivity index (χ0) is 33.1. The van der Waals surface area contributed by atoms with Gasteiger partial charge >= 0.3 is 0 Å². The summed E-state index contributed by atoms with van der Waals surface area (Å²) in [5.74, 6) is -3.73. The number of ketones is 3. The second kappa shape index (κ2) is 12.3. The molecule has 2 unspecified atom stereocenters. The SMILES string of the molecule is COc1cccc2c1C(=O)c1c(O)c3c(c(O)c1C2=O)C[C@@](O)(C(=O)CO)C[C@@H]3O[C@H]1CC([NH+]2CCO[C@H](OC)C2)[C@H](O)[C@H](C)O1. The van der Waals surface area contributed by atoms with Gasteiger partial charge in [0.15, 0.2) is 17.9 Å². The summed E-state index contributed by atoms with van der Waals surface area (Å²) in [4.78, 5) is 41.4. The molecule has 14 nitrogen and oxygen atoms in total. The smallest absolute Gasteiger partial charge is 0.207 e. The van der Waals surface area contributed by atoms with Gasteiger partial charge in [0.2, 0.25) is 12.1 Å². The summed E-state index contributed by atoms with van der Waals surface area (Å²) in [7, 11) is 2.87. The van der Waals surface area contributed by atoms with E-state index < -0.39 is 95.9 Å². The average molecular weight is 645 g/mol. The van der Waals surface area contributed by atoms with E-state index in [0.717, 1.165) is 4.90 Å². The van der Waals surface area contributed by atoms with Gasteiger partial charge in [0.1, 0.15) is 54.7 Å². The lowest BCUT2D eigenvalue weighted by Gasteiger charge is -2.45. The Labute approximate surface area is 264 Å². The van der Waals surface area contributed by atoms with E-state index in [0.29, 0.717) is 19.7 Å². The van der Waals surface area contributed by atoms with Crippen molar-refractivity contribution >= 4 is 17.3 Å². The van der Waals surface area contributed by atoms with Crippen molar-refractivity contribution in [2.75, 3.05) is 40.5 Å². The van der Waals surface area contributed by atoms with Gasteiger partial charge < -0.3 is 54.1 Å². The fourth-order valence-electron chi connectivity index (χ4n) is 7.31. The molecule has 8 atom stereocenters. The second-order valence-electron chi connectivity index (χ2n) is 12.3. The molecule has 0 radical (unpaired) electrons. The molecular weight excluding hydrogens is 606 g/mol. The van der Waals surface area contributed by atoms with Crippen molar-refractivity contribution in [3.05, 3.63) is 51.6 Å². The Bertz CT molecular complexity index is 1580. The summed E-state index contributed by atoms with van der Waals surface area (Å²) in [5, 5.41) is 55.5. The maximum absolute atomic E-state index is 13.9. The third-order valence-electron chi connectivity index (χ3n) is 9.70. The fraction of sp³-hybridized carbons (Fsp3) is 0.531. The van der Waals surface area contributed by atoms with E-state index >= 15 is 0 Å². The number of morpholine rings is 1. The first-order valence-electron chi connectivity index (χ1n) is 15.2. The van der Waals surface area contributed by atoms with Crippen molar-refractivity contribution in [2.24, 2.45) is 0 Å². The molecule has 2 heterocycles. The van der Waals surface area contributed by atoms with Crippen LogP contribution < -0.4 is 9.64 Å². The molecule has 2 aliphatic carbocycles. The number of phenols is 2. The van der Waals surface area contributed by atoms with E-state index in [4.69, 9.17) is 23.7 Å². The molecule has 6 N–H and O–H groups in total. The van der Waals surface area contributed by atoms with Crippen LogP contribution in [-0.2, 0) is 30.2 Å². The molecule has 0 bridgehead atoms. The van der Waals surface area contributed by atoms with Crippen LogP contribution in [0.15, 0.2) is 18.2 Å². The number of aliphatic hydroxyl groups is 3. The molecule has 2 aromatic carbocycles. The van der Waals surface area contributed by atoms with Gasteiger partial charge in [-0.15, -0.1) is 0 Å². The van der Waals surface area contributed by atoms with Crippen LogP contribution in [0, 0.1) is 0 Å². The van der Waals surface area contributed by atoms with Crippen LogP contribution in [0.2, 0.25) is 0 Å². The highest BCUT2D eigenvalue weighted by Crippen LogP contribution is 2.52. The lowest BCUT2D eigenvalue weighted by Crippen LogP contribution is -3.20. The first-order valence-corrected chi connectivity index (χ1v) is 15.2. The molecule has 2 aliphatic heterocycles. The van der Waals surface area contributed by atoms with Crippen LogP contribution in [-0.4, -0.2) is 120 Å². The largest absolute Gasteiger partial charge is 0.507 e. The number of Topliss-reactive ketones (excluding diaryl/α,β-unsaturated/α-hetero) is 1. The van der Waals surface area contributed by atoms with Crippen molar-refractivity contribution in [3.63, 3.8) is 0 Å². The molecule has 2 fully saturated rings. The molecular formula is C32H38NO13+. The normalized spacial score (nSPS) is 32.3. The van der Waals surface area contributed by atoms with Crippen LogP contribution in [0.4, 0.5) is 0 Å². The molecule has 6 rings (SSSR count). The van der Waals surface area contributed by atoms with Gasteiger partial charge in [-0.25, -0.2) is 0 Å². The summed E-state index contributed by atoms with van der Waals surface area (Å²) in [5.41, 5.74) is -3.59. The van der Waals surface area contributed by atoms with Gasteiger partial charge in [-0.3, -0.25) is 14.4 Å². The lowest BCUT2D eigenvalue weighted by molar-refractivity contribution is -0.945. The molecule has 2 aromatic rings. The van der Waals surface area contributed by atoms with Gasteiger partial charge in [-0.05, 0) is 13.0 Å². The summed E-state index contributed by atoms with van der Waals surface area (Å²) in [6.45, 7) is 2.10. The topological polar surface area (TPSA) is 203 Å². The minimum Gasteiger partial charge on any atom is -0.507 e. The van der Waals surface area contributed by atoms with Crippen molar-refractivity contribution in [3.8, 4) is 17.2 Å². The zero-order valence-electron chi connectivity index (χ0n) is 25.6. The van der Waals surface area contributed by atoms with Gasteiger partial charge in [0, 0.05) is 36.6 Å².